The molecule has 1 aliphatic carbocycles. The summed E-state index contributed by atoms with van der Waals surface area (Å²) in [5.74, 6) is -0.902. The molecule has 1 amide bonds. The van der Waals surface area contributed by atoms with Gasteiger partial charge in [-0.25, -0.2) is 4.79 Å². The maximum Gasteiger partial charge on any atom is 0.338 e. The van der Waals surface area contributed by atoms with E-state index in [9.17, 15) is 9.59 Å². The molecular weight excluding hydrogens is 292 g/mol. The molecule has 3 N–H and O–H groups in total. The van der Waals surface area contributed by atoms with Gasteiger partial charge in [-0.2, -0.15) is 0 Å². The van der Waals surface area contributed by atoms with Crippen molar-refractivity contribution >= 4 is 23.3 Å². The highest BCUT2D eigenvalue weighted by atomic mass is 16.5. The minimum absolute atomic E-state index is 0.319. The fourth-order valence-corrected chi connectivity index (χ4v) is 2.68. The number of nitrogen functional groups attached to an aromatic ring is 1. The maximum absolute atomic E-state index is 11.9. The molecule has 5 heteroatoms. The van der Waals surface area contributed by atoms with Gasteiger partial charge in [-0.15, -0.1) is 0 Å². The van der Waals surface area contributed by atoms with E-state index >= 15 is 0 Å². The molecule has 0 aromatic heterocycles. The number of rotatable bonds is 4. The summed E-state index contributed by atoms with van der Waals surface area (Å²) in [6, 6.07) is 12.3. The highest BCUT2D eigenvalue weighted by molar-refractivity contribution is 5.95. The van der Waals surface area contributed by atoms with Crippen molar-refractivity contribution in [1.82, 2.24) is 0 Å². The largest absolute Gasteiger partial charge is 0.452 e. The van der Waals surface area contributed by atoms with Gasteiger partial charge in [0, 0.05) is 11.4 Å². The van der Waals surface area contributed by atoms with Crippen LogP contribution in [0.5, 0.6) is 0 Å². The first-order valence-electron chi connectivity index (χ1n) is 7.56. The van der Waals surface area contributed by atoms with Crippen molar-refractivity contribution in [3.8, 4) is 0 Å². The van der Waals surface area contributed by atoms with Crippen LogP contribution in [0.25, 0.3) is 0 Å². The van der Waals surface area contributed by atoms with Crippen LogP contribution < -0.4 is 11.1 Å². The fourth-order valence-electron chi connectivity index (χ4n) is 2.68. The van der Waals surface area contributed by atoms with Crippen molar-refractivity contribution in [2.24, 2.45) is 0 Å². The summed E-state index contributed by atoms with van der Waals surface area (Å²) in [7, 11) is 0. The number of fused-ring (bicyclic) bond motifs is 1. The Morgan fingerprint density at radius 2 is 1.78 bits per heavy atom. The number of hydrogen-bond acceptors (Lipinski definition) is 4. The van der Waals surface area contributed by atoms with E-state index in [-0.39, 0.29) is 12.5 Å². The number of nitrogens with two attached hydrogens (primary N) is 1. The van der Waals surface area contributed by atoms with Gasteiger partial charge in [-0.3, -0.25) is 4.79 Å². The Bertz CT molecular complexity index is 738. The summed E-state index contributed by atoms with van der Waals surface area (Å²) >= 11 is 0. The Balaban J connectivity index is 1.53. The summed E-state index contributed by atoms with van der Waals surface area (Å²) in [6.45, 7) is -0.319. The van der Waals surface area contributed by atoms with Gasteiger partial charge in [0.2, 0.25) is 0 Å². The van der Waals surface area contributed by atoms with Crippen LogP contribution in [0.4, 0.5) is 11.4 Å². The predicted octanol–water partition coefficient (Wildman–Crippen LogP) is 2.55. The van der Waals surface area contributed by atoms with E-state index in [4.69, 9.17) is 10.5 Å². The quantitative estimate of drug-likeness (QED) is 0.671. The normalized spacial score (nSPS) is 12.5. The molecule has 1 aliphatic rings. The number of hydrogen-bond donors (Lipinski definition) is 2. The Labute approximate surface area is 134 Å². The van der Waals surface area contributed by atoms with Gasteiger partial charge in [0.25, 0.3) is 5.91 Å². The second kappa shape index (κ2) is 6.52. The van der Waals surface area contributed by atoms with E-state index in [1.807, 2.05) is 18.2 Å². The van der Waals surface area contributed by atoms with Gasteiger partial charge in [-0.05, 0) is 66.8 Å². The van der Waals surface area contributed by atoms with E-state index in [1.165, 1.54) is 11.1 Å². The maximum atomic E-state index is 11.9. The molecule has 0 spiro atoms. The smallest absolute Gasteiger partial charge is 0.338 e. The molecule has 0 saturated heterocycles. The number of esters is 1. The standard InChI is InChI=1S/C18H18N2O3/c19-15-7-4-13(5-8-15)18(22)23-11-17(21)20-16-9-6-12-2-1-3-14(12)10-16/h4-10H,1-3,11,19H2,(H,20,21). The fraction of sp³-hybridized carbons (Fsp3) is 0.222. The summed E-state index contributed by atoms with van der Waals surface area (Å²) < 4.78 is 5.00. The Morgan fingerprint density at radius 3 is 2.57 bits per heavy atom. The molecule has 0 bridgehead atoms. The van der Waals surface area contributed by atoms with Gasteiger partial charge >= 0.3 is 5.97 Å². The summed E-state index contributed by atoms with van der Waals surface area (Å²) in [5.41, 5.74) is 9.85. The topological polar surface area (TPSA) is 81.4 Å². The monoisotopic (exact) mass is 310 g/mol. The first-order valence-corrected chi connectivity index (χ1v) is 7.56. The van der Waals surface area contributed by atoms with Gasteiger partial charge < -0.3 is 15.8 Å². The SMILES string of the molecule is Nc1ccc(C(=O)OCC(=O)Nc2ccc3c(c2)CCC3)cc1. The first-order chi connectivity index (χ1) is 11.1. The van der Waals surface area contributed by atoms with E-state index in [1.54, 1.807) is 24.3 Å². The van der Waals surface area contributed by atoms with Crippen molar-refractivity contribution < 1.29 is 14.3 Å². The average molecular weight is 310 g/mol. The molecule has 0 heterocycles. The predicted molar refractivity (Wildman–Crippen MR) is 88.2 cm³/mol. The highest BCUT2D eigenvalue weighted by Crippen LogP contribution is 2.24. The molecule has 0 radical (unpaired) electrons. The highest BCUT2D eigenvalue weighted by Gasteiger charge is 2.13. The molecule has 118 valence electrons. The molecule has 23 heavy (non-hydrogen) atoms. The van der Waals surface area contributed by atoms with Crippen LogP contribution in [0.15, 0.2) is 42.5 Å². The van der Waals surface area contributed by atoms with Crippen molar-refractivity contribution in [3.63, 3.8) is 0 Å². The zero-order valence-corrected chi connectivity index (χ0v) is 12.7. The second-order valence-electron chi connectivity index (χ2n) is 5.58. The first kappa shape index (κ1) is 15.1. The van der Waals surface area contributed by atoms with Crippen LogP contribution in [-0.2, 0) is 22.4 Å². The van der Waals surface area contributed by atoms with Crippen LogP contribution in [0.2, 0.25) is 0 Å². The number of aryl methyl sites for hydroxylation is 2. The number of amides is 1. The Kier molecular flexibility index (Phi) is 4.28. The minimum atomic E-state index is -0.547. The van der Waals surface area contributed by atoms with E-state index in [2.05, 4.69) is 5.32 Å². The summed E-state index contributed by atoms with van der Waals surface area (Å²) in [4.78, 5) is 23.7. The van der Waals surface area contributed by atoms with E-state index in [0.717, 1.165) is 24.9 Å². The average Bonchev–Trinajstić information content (AvgIpc) is 3.01. The van der Waals surface area contributed by atoms with Crippen LogP contribution in [0.3, 0.4) is 0 Å². The lowest BCUT2D eigenvalue weighted by Gasteiger charge is -2.08. The molecule has 0 atom stereocenters. The molecule has 2 aromatic rings. The third-order valence-electron chi connectivity index (χ3n) is 3.86. The Hall–Kier alpha value is -2.82. The molecule has 2 aromatic carbocycles. The van der Waals surface area contributed by atoms with Crippen molar-refractivity contribution in [1.29, 1.82) is 0 Å². The van der Waals surface area contributed by atoms with Gasteiger partial charge in [0.15, 0.2) is 6.61 Å². The van der Waals surface area contributed by atoms with Crippen LogP contribution in [0.1, 0.15) is 27.9 Å². The number of ether oxygens (including phenoxy) is 1. The van der Waals surface area contributed by atoms with Crippen molar-refractivity contribution in [3.05, 3.63) is 59.2 Å². The van der Waals surface area contributed by atoms with E-state index < -0.39 is 5.97 Å². The molecule has 0 fully saturated rings. The zero-order valence-electron chi connectivity index (χ0n) is 12.7. The molecule has 0 aliphatic heterocycles. The van der Waals surface area contributed by atoms with Gasteiger partial charge in [-0.1, -0.05) is 6.07 Å². The number of benzene rings is 2. The molecule has 5 nitrogen and oxygen atoms in total. The number of nitrogens with one attached hydrogen (secondary N) is 1. The van der Waals surface area contributed by atoms with Gasteiger partial charge in [0.1, 0.15) is 0 Å². The van der Waals surface area contributed by atoms with Crippen LogP contribution in [-0.4, -0.2) is 18.5 Å². The van der Waals surface area contributed by atoms with Gasteiger partial charge in [0.05, 0.1) is 5.56 Å². The minimum Gasteiger partial charge on any atom is -0.452 e. The lowest BCUT2D eigenvalue weighted by atomic mass is 10.1. The Morgan fingerprint density at radius 1 is 1.04 bits per heavy atom. The summed E-state index contributed by atoms with van der Waals surface area (Å²) in [5, 5.41) is 2.75. The molecule has 3 rings (SSSR count). The molecule has 0 unspecified atom stereocenters. The van der Waals surface area contributed by atoms with E-state index in [0.29, 0.717) is 11.3 Å². The molecular formula is C18H18N2O3. The zero-order chi connectivity index (χ0) is 16.2. The third-order valence-corrected chi connectivity index (χ3v) is 3.86. The number of carbonyl (C=O) groups excluding carboxylic acids is 2. The lowest BCUT2D eigenvalue weighted by molar-refractivity contribution is -0.119. The van der Waals surface area contributed by atoms with Crippen molar-refractivity contribution in [2.75, 3.05) is 17.7 Å². The third kappa shape index (κ3) is 3.69. The molecule has 0 saturated carbocycles. The number of carbonyl (C=O) groups is 2. The lowest BCUT2D eigenvalue weighted by Crippen LogP contribution is -2.21. The van der Waals surface area contributed by atoms with Crippen LogP contribution in [0, 0.1) is 0 Å². The second-order valence-corrected chi connectivity index (χ2v) is 5.58. The summed E-state index contributed by atoms with van der Waals surface area (Å²) in [6.07, 6.45) is 3.31. The number of anilines is 2. The van der Waals surface area contributed by atoms with Crippen LogP contribution >= 0.6 is 0 Å². The van der Waals surface area contributed by atoms with Crippen molar-refractivity contribution in [2.45, 2.75) is 19.3 Å².